The van der Waals surface area contributed by atoms with Crippen molar-refractivity contribution >= 4 is 81.4 Å². The first-order chi connectivity index (χ1) is 36.6. The molecule has 418 valence electrons. The lowest BCUT2D eigenvalue weighted by molar-refractivity contribution is -0.120. The van der Waals surface area contributed by atoms with Crippen molar-refractivity contribution in [2.24, 2.45) is 39.8 Å². The number of azo groups is 1. The zero-order valence-electron chi connectivity index (χ0n) is 47.6. The number of furan rings is 1. The van der Waals surface area contributed by atoms with Gasteiger partial charge in [-0.15, -0.1) is 0 Å². The highest BCUT2D eigenvalue weighted by Crippen LogP contribution is 2.19. The molecule has 17 heteroatoms. The van der Waals surface area contributed by atoms with Gasteiger partial charge in [-0.2, -0.15) is 10.2 Å². The van der Waals surface area contributed by atoms with Crippen molar-refractivity contribution in [1.82, 2.24) is 15.0 Å². The van der Waals surface area contributed by atoms with Crippen molar-refractivity contribution in [1.29, 1.82) is 0 Å². The van der Waals surface area contributed by atoms with E-state index in [0.29, 0.717) is 35.8 Å². The van der Waals surface area contributed by atoms with E-state index in [1.54, 1.807) is 59.8 Å². The number of ketones is 6. The molecule has 0 atom stereocenters. The van der Waals surface area contributed by atoms with E-state index in [0.717, 1.165) is 16.7 Å². The van der Waals surface area contributed by atoms with E-state index in [1.165, 1.54) is 48.4 Å². The third kappa shape index (κ3) is 30.7. The standard InChI is InChI=1S/C11H9N.C9H6O2.C8H10N2O2.C7H7NO2.C6H5NO2.4C5H10O/c1-2-11-7-9-5-3-4-6-10(9)8-12-11;10-6-8-5-7-3-1-2-4-9(7)11-8;1-5(2)8(12)7-6(4-11)3-9-10-7;1-5(9)6-2-3-8-4-7(6)10;8-4-5-6(9)2-1-3-7-5;4*1-4(2)5(3)6/h2-8H,1H2;1-6H;4-5H,3H2,1-2H3;2-4,10H,1H3;1-4,9H;4*4H,1-3H3. The Labute approximate surface area is 458 Å². The summed E-state index contributed by atoms with van der Waals surface area (Å²) in [4.78, 5) is 105. The van der Waals surface area contributed by atoms with Gasteiger partial charge in [-0.25, -0.2) is 4.98 Å². The average molecular weight is 1070 g/mol. The highest BCUT2D eigenvalue weighted by molar-refractivity contribution is 6.01. The van der Waals surface area contributed by atoms with Crippen LogP contribution in [0.2, 0.25) is 0 Å². The number of rotatable bonds is 11. The number of aromatic hydroxyl groups is 2. The number of benzene rings is 2. The van der Waals surface area contributed by atoms with E-state index < -0.39 is 0 Å². The van der Waals surface area contributed by atoms with Crippen LogP contribution in [-0.4, -0.2) is 85.3 Å². The average Bonchev–Trinajstić information content (AvgIpc) is 4.07. The van der Waals surface area contributed by atoms with Crippen LogP contribution in [-0.2, 0) is 28.8 Å². The number of aldehydes is 3. The number of carbonyl (C=O) groups excluding carboxylic acids is 9. The minimum absolute atomic E-state index is 0.0602. The molecule has 0 spiro atoms. The van der Waals surface area contributed by atoms with Crippen molar-refractivity contribution in [2.45, 2.75) is 104 Å². The summed E-state index contributed by atoms with van der Waals surface area (Å²) < 4.78 is 5.15. The van der Waals surface area contributed by atoms with Crippen LogP contribution in [0.25, 0.3) is 27.8 Å². The van der Waals surface area contributed by atoms with Gasteiger partial charge in [0.1, 0.15) is 57.9 Å². The normalized spacial score (nSPS) is 10.5. The number of aromatic nitrogens is 3. The SMILES string of the molecule is C=Cc1cc2ccccc2cn1.CC(=O)C(C)C.CC(=O)C(C)C.CC(=O)C(C)C.CC(=O)C(C)C.CC(=O)c1ccncc1O.CC(C)C(=O)C1=C(C=O)CN=N1.O=Cc1cc2ccccc2o1.O=Cc1ncccc1O. The molecule has 0 saturated carbocycles. The van der Waals surface area contributed by atoms with Crippen molar-refractivity contribution < 1.29 is 57.8 Å². The molecule has 2 aromatic carbocycles. The Morgan fingerprint density at radius 3 is 1.45 bits per heavy atom. The molecule has 6 aromatic rings. The van der Waals surface area contributed by atoms with Gasteiger partial charge in [0, 0.05) is 64.5 Å². The summed E-state index contributed by atoms with van der Waals surface area (Å²) in [6.07, 6.45) is 9.65. The van der Waals surface area contributed by atoms with Gasteiger partial charge < -0.3 is 14.6 Å². The second-order valence-electron chi connectivity index (χ2n) is 18.4. The zero-order chi connectivity index (χ0) is 60.1. The summed E-state index contributed by atoms with van der Waals surface area (Å²) in [5, 5.41) is 28.4. The summed E-state index contributed by atoms with van der Waals surface area (Å²) >= 11 is 0. The fourth-order valence-electron chi connectivity index (χ4n) is 4.35. The molecular weight excluding hydrogens is 995 g/mol. The lowest BCUT2D eigenvalue weighted by atomic mass is 10.0. The van der Waals surface area contributed by atoms with Crippen LogP contribution in [0.15, 0.2) is 136 Å². The molecule has 0 amide bonds. The van der Waals surface area contributed by atoms with Crippen LogP contribution in [0.5, 0.6) is 11.5 Å². The molecule has 17 nitrogen and oxygen atoms in total. The predicted molar refractivity (Wildman–Crippen MR) is 305 cm³/mol. The highest BCUT2D eigenvalue weighted by Gasteiger charge is 2.21. The molecular formula is C61H77N5O12. The van der Waals surface area contributed by atoms with Gasteiger partial charge in [0.05, 0.1) is 24.0 Å². The van der Waals surface area contributed by atoms with E-state index in [9.17, 15) is 43.2 Å². The number of carbonyl (C=O) groups is 9. The van der Waals surface area contributed by atoms with Crippen LogP contribution < -0.4 is 0 Å². The van der Waals surface area contributed by atoms with Gasteiger partial charge >= 0.3 is 0 Å². The van der Waals surface area contributed by atoms with E-state index in [-0.39, 0.29) is 93.7 Å². The Balaban J connectivity index is 0. The molecule has 0 fully saturated rings. The first-order valence-corrected chi connectivity index (χ1v) is 24.9. The lowest BCUT2D eigenvalue weighted by Crippen LogP contribution is -2.10. The molecule has 5 heterocycles. The number of Topliss-reactive ketones (excluding diaryl/α,β-unsaturated/α-hetero) is 6. The van der Waals surface area contributed by atoms with Gasteiger partial charge in [-0.1, -0.05) is 118 Å². The maximum Gasteiger partial charge on any atom is 0.186 e. The third-order valence-corrected chi connectivity index (χ3v) is 10.4. The quantitative estimate of drug-likeness (QED) is 0.0902. The molecule has 1 aliphatic heterocycles. The van der Waals surface area contributed by atoms with Gasteiger partial charge in [-0.05, 0) is 82.5 Å². The molecule has 0 radical (unpaired) electrons. The Bertz CT molecular complexity index is 2840. The van der Waals surface area contributed by atoms with Crippen LogP contribution in [0.4, 0.5) is 0 Å². The zero-order valence-corrected chi connectivity index (χ0v) is 47.6. The molecule has 1 aliphatic rings. The number of pyridine rings is 3. The first-order valence-electron chi connectivity index (χ1n) is 24.9. The van der Waals surface area contributed by atoms with Crippen molar-refractivity contribution in [3.05, 3.63) is 144 Å². The number of allylic oxidation sites excluding steroid dienone is 1. The summed E-state index contributed by atoms with van der Waals surface area (Å²) in [7, 11) is 0. The third-order valence-electron chi connectivity index (χ3n) is 10.4. The second-order valence-corrected chi connectivity index (χ2v) is 18.4. The van der Waals surface area contributed by atoms with E-state index in [4.69, 9.17) is 14.6 Å². The van der Waals surface area contributed by atoms with Gasteiger partial charge in [0.25, 0.3) is 0 Å². The second kappa shape index (κ2) is 39.8. The van der Waals surface area contributed by atoms with E-state index >= 15 is 0 Å². The summed E-state index contributed by atoms with van der Waals surface area (Å²) in [6, 6.07) is 23.9. The van der Waals surface area contributed by atoms with Crippen molar-refractivity contribution in [3.63, 3.8) is 0 Å². The maximum atomic E-state index is 11.3. The first kappa shape index (κ1) is 71.5. The number of hydrogen-bond acceptors (Lipinski definition) is 17. The highest BCUT2D eigenvalue weighted by atomic mass is 16.3. The minimum atomic E-state index is -0.153. The Hall–Kier alpha value is -8.60. The Kier molecular flexibility index (Phi) is 36.4. The molecule has 7 rings (SSSR count). The van der Waals surface area contributed by atoms with Crippen LogP contribution >= 0.6 is 0 Å². The van der Waals surface area contributed by atoms with Crippen LogP contribution in [0.1, 0.15) is 141 Å². The topological polar surface area (TPSA) is 271 Å². The fourth-order valence-corrected chi connectivity index (χ4v) is 4.35. The fraction of sp³-hybridized carbons (Fsp3) is 0.344. The molecule has 2 N–H and O–H groups in total. The van der Waals surface area contributed by atoms with E-state index in [2.05, 4.69) is 43.9 Å². The Morgan fingerprint density at radius 1 is 0.564 bits per heavy atom. The smallest absolute Gasteiger partial charge is 0.186 e. The number of nitrogens with zero attached hydrogens (tertiary/aromatic N) is 5. The number of fused-ring (bicyclic) bond motifs is 2. The van der Waals surface area contributed by atoms with Gasteiger partial charge in [-0.3, -0.25) is 53.1 Å². The Morgan fingerprint density at radius 2 is 1.06 bits per heavy atom. The molecule has 0 aliphatic carbocycles. The minimum Gasteiger partial charge on any atom is -0.506 e. The maximum absolute atomic E-state index is 11.3. The summed E-state index contributed by atoms with van der Waals surface area (Å²) in [6.45, 7) is 30.4. The largest absolute Gasteiger partial charge is 0.506 e. The summed E-state index contributed by atoms with van der Waals surface area (Å²) in [5.74, 6) is 1.74. The van der Waals surface area contributed by atoms with Gasteiger partial charge in [0.2, 0.25) is 0 Å². The van der Waals surface area contributed by atoms with E-state index in [1.807, 2.05) is 104 Å². The number of hydrogen-bond donors (Lipinski definition) is 2. The number of para-hydroxylation sites is 1. The van der Waals surface area contributed by atoms with Crippen LogP contribution in [0.3, 0.4) is 0 Å². The molecule has 4 aromatic heterocycles. The lowest BCUT2D eigenvalue weighted by Gasteiger charge is -2.00. The molecule has 0 bridgehead atoms. The summed E-state index contributed by atoms with van der Waals surface area (Å²) in [5.41, 5.74) is 2.71. The molecule has 0 saturated heterocycles. The molecule has 78 heavy (non-hydrogen) atoms. The molecule has 0 unspecified atom stereocenters. The van der Waals surface area contributed by atoms with Gasteiger partial charge in [0.15, 0.2) is 29.9 Å². The van der Waals surface area contributed by atoms with Crippen molar-refractivity contribution in [2.75, 3.05) is 6.54 Å². The monoisotopic (exact) mass is 1070 g/mol. The predicted octanol–water partition coefficient (Wildman–Crippen LogP) is 12.8. The van der Waals surface area contributed by atoms with Crippen molar-refractivity contribution in [3.8, 4) is 11.5 Å². The van der Waals surface area contributed by atoms with Crippen LogP contribution in [0, 0.1) is 29.6 Å².